The van der Waals surface area contributed by atoms with E-state index in [1.54, 1.807) is 0 Å². The minimum Gasteiger partial charge on any atom is -0.327 e. The van der Waals surface area contributed by atoms with E-state index in [0.29, 0.717) is 0 Å². The second-order valence-corrected chi connectivity index (χ2v) is 42.3. The summed E-state index contributed by atoms with van der Waals surface area (Å²) in [7, 11) is -4.12. The topological polar surface area (TPSA) is 0 Å². The van der Waals surface area contributed by atoms with Gasteiger partial charge in [0.05, 0.1) is 0 Å². The minimum atomic E-state index is -0.856. The zero-order valence-electron chi connectivity index (χ0n) is 31.4. The van der Waals surface area contributed by atoms with Crippen molar-refractivity contribution in [1.82, 2.24) is 0 Å². The Morgan fingerprint density at radius 2 is 0.511 bits per heavy atom. The van der Waals surface area contributed by atoms with Gasteiger partial charge < -0.3 is 11.3 Å². The summed E-state index contributed by atoms with van der Waals surface area (Å²) in [6.45, 7) is 28.9. The molecule has 0 amide bonds. The normalized spacial score (nSPS) is 12.0. The molecule has 0 unspecified atom stereocenters. The maximum Gasteiger partial charge on any atom is 2.00 e. The third kappa shape index (κ3) is 20.4. The number of hydrogen-bond acceptors (Lipinski definition) is 0. The Kier molecular flexibility index (Phi) is 19.5. The van der Waals surface area contributed by atoms with Gasteiger partial charge >= 0.3 is 17.1 Å². The van der Waals surface area contributed by atoms with E-state index in [1.165, 1.54) is 33.5 Å². The molecule has 4 aromatic carbocycles. The largest absolute Gasteiger partial charge is 2.00 e. The summed E-state index contributed by atoms with van der Waals surface area (Å²) in [5.41, 5.74) is 5.31. The van der Waals surface area contributed by atoms with Crippen molar-refractivity contribution in [2.24, 2.45) is 0 Å². The molecule has 0 saturated carbocycles. The molecular formula is C40H62MnP2Si4. The summed E-state index contributed by atoms with van der Waals surface area (Å²) in [5.74, 6) is 0. The Morgan fingerprint density at radius 1 is 0.340 bits per heavy atom. The van der Waals surface area contributed by atoms with Crippen LogP contribution in [0.5, 0.6) is 0 Å². The number of rotatable bonds is 11. The van der Waals surface area contributed by atoms with Gasteiger partial charge in [0, 0.05) is 0 Å². The molecule has 1 radical (unpaired) electrons. The van der Waals surface area contributed by atoms with Crippen molar-refractivity contribution in [2.45, 2.75) is 78.6 Å². The van der Waals surface area contributed by atoms with Crippen molar-refractivity contribution in [1.29, 1.82) is 0 Å². The summed E-state index contributed by atoms with van der Waals surface area (Å²) in [5, 5.41) is 5.89. The zero-order chi connectivity index (χ0) is 34.4. The van der Waals surface area contributed by atoms with E-state index in [9.17, 15) is 0 Å². The fraction of sp³-hybridized carbons (Fsp3) is 0.350. The Bertz CT molecular complexity index is 1150. The molecule has 0 spiro atoms. The van der Waals surface area contributed by atoms with Crippen LogP contribution in [0.25, 0.3) is 0 Å². The van der Waals surface area contributed by atoms with E-state index in [-0.39, 0.29) is 32.9 Å². The molecule has 47 heavy (non-hydrogen) atoms. The number of hydrogen-bond donors (Lipinski definition) is 0. The van der Waals surface area contributed by atoms with Crippen LogP contribution in [0.3, 0.4) is 0 Å². The molecule has 0 aliphatic rings. The van der Waals surface area contributed by atoms with Crippen LogP contribution in [-0.4, -0.2) is 44.6 Å². The monoisotopic (exact) mass is 771 g/mol. The van der Waals surface area contributed by atoms with Crippen molar-refractivity contribution in [3.63, 3.8) is 0 Å². The van der Waals surface area contributed by atoms with Gasteiger partial charge in [0.2, 0.25) is 0 Å². The molecule has 0 bridgehead atoms. The minimum absolute atomic E-state index is 0. The first-order valence-electron chi connectivity index (χ1n) is 16.8. The molecular weight excluding hydrogens is 710 g/mol. The van der Waals surface area contributed by atoms with Gasteiger partial charge in [-0.1, -0.05) is 200 Å². The van der Waals surface area contributed by atoms with Crippen LogP contribution in [0, 0.1) is 11.3 Å². The second-order valence-electron chi connectivity index (χ2n) is 16.4. The standard InChI is InChI=1S/C26H24P2.2C7H19Si2.Mn/c1-5-13-23(14-6-1)27(24-15-7-2-8-16-24)21-22-28(25-17-9-3-10-18-25)26-19-11-4-12-20-26;2*1-8(2,3)7-9(4,5)6;/h1-20H,21-22H2;2*7H,1-6H3;/q;2*-1;+2. The SMILES string of the molecule is C[Si](C)(C)[CH-][Si](C)(C)C.C[Si](C)(C)[CH-][Si](C)(C)C.[Mn+2].c1ccc(P(CCP(c2ccccc2)c2ccccc2)c2ccccc2)cc1. The molecule has 0 aliphatic carbocycles. The van der Waals surface area contributed by atoms with E-state index in [4.69, 9.17) is 0 Å². The maximum atomic E-state index is 2.65. The summed E-state index contributed by atoms with van der Waals surface area (Å²) < 4.78 is 0. The first-order chi connectivity index (χ1) is 21.3. The van der Waals surface area contributed by atoms with Gasteiger partial charge in [-0.3, -0.25) is 0 Å². The molecule has 0 aliphatic heterocycles. The average molecular weight is 772 g/mol. The summed E-state index contributed by atoms with van der Waals surface area (Å²) >= 11 is 0. The van der Waals surface area contributed by atoms with Crippen molar-refractivity contribution in [3.8, 4) is 0 Å². The van der Waals surface area contributed by atoms with Crippen LogP contribution in [0.15, 0.2) is 121 Å². The molecule has 255 valence electrons. The van der Waals surface area contributed by atoms with E-state index in [0.717, 1.165) is 0 Å². The molecule has 0 N–H and O–H groups in total. The van der Waals surface area contributed by atoms with Gasteiger partial charge in [-0.25, -0.2) is 0 Å². The molecule has 0 saturated heterocycles. The molecule has 0 aromatic heterocycles. The molecule has 0 nitrogen and oxygen atoms in total. The first kappa shape index (κ1) is 44.1. The second kappa shape index (κ2) is 20.7. The Balaban J connectivity index is 0.000000482. The first-order valence-corrected chi connectivity index (χ1v) is 34.2. The third-order valence-electron chi connectivity index (χ3n) is 6.55. The fourth-order valence-corrected chi connectivity index (χ4v) is 32.2. The molecule has 0 atom stereocenters. The van der Waals surface area contributed by atoms with Crippen LogP contribution in [-0.2, 0) is 17.1 Å². The summed E-state index contributed by atoms with van der Waals surface area (Å²) in [6, 6.07) is 44.2. The van der Waals surface area contributed by atoms with E-state index >= 15 is 0 Å². The van der Waals surface area contributed by atoms with Crippen molar-refractivity contribution >= 4 is 69.4 Å². The Labute approximate surface area is 308 Å². The quantitative estimate of drug-likeness (QED) is 0.0809. The van der Waals surface area contributed by atoms with Gasteiger partial charge in [0.1, 0.15) is 0 Å². The summed E-state index contributed by atoms with van der Waals surface area (Å²) in [4.78, 5) is 0. The van der Waals surface area contributed by atoms with Crippen molar-refractivity contribution < 1.29 is 17.1 Å². The van der Waals surface area contributed by atoms with Crippen LogP contribution in [0.4, 0.5) is 0 Å². The van der Waals surface area contributed by atoms with E-state index < -0.39 is 32.3 Å². The van der Waals surface area contributed by atoms with Gasteiger partial charge in [-0.15, -0.1) is 32.3 Å². The van der Waals surface area contributed by atoms with Crippen molar-refractivity contribution in [2.75, 3.05) is 12.3 Å². The molecule has 4 aromatic rings. The van der Waals surface area contributed by atoms with Gasteiger partial charge in [0.15, 0.2) is 0 Å². The summed E-state index contributed by atoms with van der Waals surface area (Å²) in [6.07, 6.45) is 2.41. The predicted octanol–water partition coefficient (Wildman–Crippen LogP) is 11.1. The van der Waals surface area contributed by atoms with E-state index in [2.05, 4.69) is 211 Å². The van der Waals surface area contributed by atoms with Crippen LogP contribution >= 0.6 is 15.8 Å². The fourth-order valence-electron chi connectivity index (χ4n) is 6.04. The van der Waals surface area contributed by atoms with E-state index in [1.807, 2.05) is 0 Å². The van der Waals surface area contributed by atoms with Crippen LogP contribution in [0.1, 0.15) is 0 Å². The van der Waals surface area contributed by atoms with Gasteiger partial charge in [0.25, 0.3) is 0 Å². The smallest absolute Gasteiger partial charge is 0.327 e. The predicted molar refractivity (Wildman–Crippen MR) is 230 cm³/mol. The van der Waals surface area contributed by atoms with Crippen LogP contribution < -0.4 is 21.2 Å². The Hall–Kier alpha value is -0.873. The average Bonchev–Trinajstić information content (AvgIpc) is 2.94. The molecule has 0 heterocycles. The number of benzene rings is 4. The zero-order valence-corrected chi connectivity index (χ0v) is 38.4. The van der Waals surface area contributed by atoms with Crippen molar-refractivity contribution in [3.05, 3.63) is 133 Å². The third-order valence-corrected chi connectivity index (χ3v) is 25.8. The maximum absolute atomic E-state index is 2.65. The van der Waals surface area contributed by atoms with Gasteiger partial charge in [-0.05, 0) is 49.4 Å². The molecule has 4 rings (SSSR count). The Morgan fingerprint density at radius 3 is 0.638 bits per heavy atom. The molecule has 0 fully saturated rings. The molecule has 7 heteroatoms. The van der Waals surface area contributed by atoms with Crippen LogP contribution in [0.2, 0.25) is 78.6 Å². The van der Waals surface area contributed by atoms with Gasteiger partial charge in [-0.2, -0.15) is 0 Å².